The zero-order valence-electron chi connectivity index (χ0n) is 35.1. The number of anilines is 3. The Morgan fingerprint density at radius 3 is 1.56 bits per heavy atom. The Hall–Kier alpha value is -8.20. The van der Waals surface area contributed by atoms with Crippen molar-refractivity contribution >= 4 is 38.9 Å². The van der Waals surface area contributed by atoms with E-state index in [-0.39, 0.29) is 0 Å². The van der Waals surface area contributed by atoms with Gasteiger partial charge in [-0.1, -0.05) is 206 Å². The highest BCUT2D eigenvalue weighted by molar-refractivity contribution is 6.10. The number of benzene rings is 10. The first kappa shape index (κ1) is 36.5. The molecule has 0 saturated carbocycles. The highest BCUT2D eigenvalue weighted by atomic mass is 15.1. The van der Waals surface area contributed by atoms with Crippen LogP contribution in [0.1, 0.15) is 44.5 Å². The molecule has 0 fully saturated rings. The molecule has 0 amide bonds. The van der Waals surface area contributed by atoms with Gasteiger partial charge in [0, 0.05) is 27.8 Å². The van der Waals surface area contributed by atoms with Gasteiger partial charge in [0.2, 0.25) is 0 Å². The van der Waals surface area contributed by atoms with Crippen LogP contribution >= 0.6 is 0 Å². The average Bonchev–Trinajstić information content (AvgIpc) is 3.87. The Balaban J connectivity index is 1.16. The first-order valence-electron chi connectivity index (χ1n) is 22.3. The summed E-state index contributed by atoms with van der Waals surface area (Å²) in [5, 5.41) is 2.46. The summed E-state index contributed by atoms with van der Waals surface area (Å²) in [5.41, 5.74) is 18.4. The van der Waals surface area contributed by atoms with E-state index in [1.165, 1.54) is 71.9 Å². The largest absolute Gasteiger partial charge is 0.310 e. The maximum absolute atomic E-state index is 2.49. The molecule has 11 aromatic rings. The van der Waals surface area contributed by atoms with Gasteiger partial charge in [0.25, 0.3) is 0 Å². The van der Waals surface area contributed by atoms with Gasteiger partial charge in [0.05, 0.1) is 27.6 Å². The maximum Gasteiger partial charge on any atom is 0.0728 e. The maximum atomic E-state index is 2.49. The van der Waals surface area contributed by atoms with Crippen molar-refractivity contribution in [3.8, 4) is 16.8 Å². The first-order valence-corrected chi connectivity index (χ1v) is 22.3. The first-order chi connectivity index (χ1) is 31.8. The van der Waals surface area contributed by atoms with Crippen molar-refractivity contribution in [1.82, 2.24) is 4.57 Å². The minimum atomic E-state index is -0.726. The second-order valence-electron chi connectivity index (χ2n) is 17.1. The fourth-order valence-corrected chi connectivity index (χ4v) is 11.8. The lowest BCUT2D eigenvalue weighted by atomic mass is 9.51. The highest BCUT2D eigenvalue weighted by Crippen LogP contribution is 2.66. The van der Waals surface area contributed by atoms with Crippen LogP contribution in [0.3, 0.4) is 0 Å². The Morgan fingerprint density at radius 2 is 0.828 bits per heavy atom. The molecule has 0 N–H and O–H groups in total. The standard InChI is InChI=1S/C62H42N2/c1-5-22-43(23-6-1)61(53-34-16-17-35-54(53)62(44-24-7-2-8-25-44)52-33-15-13-30-48(52)51-32-21-37-56(61)60(51)62)55-36-18-20-39-58(55)63(45-26-9-3-10-27-45)47-40-41-50-49-31-14-19-38-57(49)64(59(50)42-47)46-28-11-4-12-29-46/h1-42H. The van der Waals surface area contributed by atoms with Crippen molar-refractivity contribution in [3.63, 3.8) is 0 Å². The Bertz CT molecular complexity index is 3560. The van der Waals surface area contributed by atoms with Gasteiger partial charge in [0.1, 0.15) is 0 Å². The van der Waals surface area contributed by atoms with E-state index in [2.05, 4.69) is 264 Å². The Labute approximate surface area is 373 Å². The van der Waals surface area contributed by atoms with Gasteiger partial charge in [-0.2, -0.15) is 0 Å². The molecule has 2 nitrogen and oxygen atoms in total. The molecular formula is C62H42N2. The van der Waals surface area contributed by atoms with E-state index in [1.54, 1.807) is 0 Å². The molecule has 64 heavy (non-hydrogen) atoms. The predicted octanol–water partition coefficient (Wildman–Crippen LogP) is 15.3. The summed E-state index contributed by atoms with van der Waals surface area (Å²) < 4.78 is 2.42. The molecule has 1 aromatic heterocycles. The molecule has 0 bridgehead atoms. The fourth-order valence-electron chi connectivity index (χ4n) is 11.8. The second kappa shape index (κ2) is 14.2. The lowest BCUT2D eigenvalue weighted by molar-refractivity contribution is 0.627. The van der Waals surface area contributed by atoms with E-state index in [1.807, 2.05) is 0 Å². The lowest BCUT2D eigenvalue weighted by Gasteiger charge is -2.50. The van der Waals surface area contributed by atoms with E-state index < -0.39 is 10.8 Å². The quantitative estimate of drug-likeness (QED) is 0.156. The van der Waals surface area contributed by atoms with Crippen molar-refractivity contribution in [1.29, 1.82) is 0 Å². The molecule has 2 aliphatic rings. The minimum Gasteiger partial charge on any atom is -0.310 e. The fraction of sp³-hybridized carbons (Fsp3) is 0.0323. The van der Waals surface area contributed by atoms with Crippen LogP contribution in [0, 0.1) is 0 Å². The third kappa shape index (κ3) is 4.91. The van der Waals surface area contributed by atoms with E-state index in [9.17, 15) is 0 Å². The number of para-hydroxylation sites is 4. The summed E-state index contributed by atoms with van der Waals surface area (Å²) >= 11 is 0. The Kier molecular flexibility index (Phi) is 8.07. The van der Waals surface area contributed by atoms with Crippen molar-refractivity contribution in [2.24, 2.45) is 0 Å². The van der Waals surface area contributed by atoms with E-state index >= 15 is 0 Å². The SMILES string of the molecule is c1ccc(N(c2ccc3c4ccccc4n(-c4ccccc4)c3c2)c2ccccc2C2(c3ccccc3)c3ccccc3C3(c4ccccc4)c4ccccc4-c4cccc2c43)cc1. The lowest BCUT2D eigenvalue weighted by Crippen LogP contribution is -2.44. The van der Waals surface area contributed by atoms with Crippen LogP contribution in [0.4, 0.5) is 17.1 Å². The zero-order chi connectivity index (χ0) is 42.2. The van der Waals surface area contributed by atoms with Gasteiger partial charge >= 0.3 is 0 Å². The summed E-state index contributed by atoms with van der Waals surface area (Å²) in [4.78, 5) is 2.49. The molecule has 0 saturated heterocycles. The predicted molar refractivity (Wildman–Crippen MR) is 265 cm³/mol. The van der Waals surface area contributed by atoms with Gasteiger partial charge in [-0.3, -0.25) is 0 Å². The van der Waals surface area contributed by atoms with Gasteiger partial charge in [-0.05, 0) is 104 Å². The van der Waals surface area contributed by atoms with Gasteiger partial charge in [0.15, 0.2) is 0 Å². The summed E-state index contributed by atoms with van der Waals surface area (Å²) in [5.74, 6) is 0. The molecule has 300 valence electrons. The van der Waals surface area contributed by atoms with E-state index in [0.717, 1.165) is 28.3 Å². The number of nitrogens with zero attached hydrogens (tertiary/aromatic N) is 2. The van der Waals surface area contributed by atoms with Crippen LogP contribution in [-0.4, -0.2) is 4.57 Å². The molecule has 2 unspecified atom stereocenters. The number of aromatic nitrogens is 1. The topological polar surface area (TPSA) is 8.17 Å². The molecule has 2 atom stereocenters. The molecule has 10 aromatic carbocycles. The molecular weight excluding hydrogens is 773 g/mol. The molecule has 13 rings (SSSR count). The summed E-state index contributed by atoms with van der Waals surface area (Å²) in [6.07, 6.45) is 0. The van der Waals surface area contributed by atoms with Crippen molar-refractivity contribution in [2.45, 2.75) is 10.8 Å². The molecule has 2 heteroatoms. The van der Waals surface area contributed by atoms with E-state index in [4.69, 9.17) is 0 Å². The summed E-state index contributed by atoms with van der Waals surface area (Å²) in [6, 6.07) is 94.7. The summed E-state index contributed by atoms with van der Waals surface area (Å²) in [6.45, 7) is 0. The minimum absolute atomic E-state index is 0.525. The monoisotopic (exact) mass is 814 g/mol. The molecule has 1 heterocycles. The average molecular weight is 815 g/mol. The third-order valence-corrected chi connectivity index (χ3v) is 14.1. The molecule has 0 aliphatic heterocycles. The van der Waals surface area contributed by atoms with Crippen molar-refractivity contribution in [2.75, 3.05) is 4.90 Å². The Morgan fingerprint density at radius 1 is 0.312 bits per heavy atom. The summed E-state index contributed by atoms with van der Waals surface area (Å²) in [7, 11) is 0. The molecule has 0 radical (unpaired) electrons. The number of hydrogen-bond donors (Lipinski definition) is 0. The second-order valence-corrected chi connectivity index (χ2v) is 17.1. The van der Waals surface area contributed by atoms with Gasteiger partial charge in [-0.15, -0.1) is 0 Å². The van der Waals surface area contributed by atoms with Crippen LogP contribution < -0.4 is 4.90 Å². The van der Waals surface area contributed by atoms with Crippen LogP contribution in [0.25, 0.3) is 38.6 Å². The zero-order valence-corrected chi connectivity index (χ0v) is 35.1. The number of hydrogen-bond acceptors (Lipinski definition) is 1. The van der Waals surface area contributed by atoms with Gasteiger partial charge in [-0.25, -0.2) is 0 Å². The van der Waals surface area contributed by atoms with Crippen molar-refractivity contribution in [3.05, 3.63) is 299 Å². The van der Waals surface area contributed by atoms with Crippen LogP contribution in [0.15, 0.2) is 255 Å². The normalized spacial score (nSPS) is 16.9. The van der Waals surface area contributed by atoms with Gasteiger partial charge < -0.3 is 9.47 Å². The number of fused-ring (bicyclic) bond motifs is 8. The highest BCUT2D eigenvalue weighted by Gasteiger charge is 2.58. The third-order valence-electron chi connectivity index (χ3n) is 14.1. The number of rotatable bonds is 7. The smallest absolute Gasteiger partial charge is 0.0728 e. The molecule has 2 aliphatic carbocycles. The van der Waals surface area contributed by atoms with Crippen molar-refractivity contribution < 1.29 is 0 Å². The van der Waals surface area contributed by atoms with Crippen LogP contribution in [0.5, 0.6) is 0 Å². The van der Waals surface area contributed by atoms with Crippen LogP contribution in [0.2, 0.25) is 0 Å². The van der Waals surface area contributed by atoms with E-state index in [0.29, 0.717) is 0 Å². The molecule has 0 spiro atoms. The van der Waals surface area contributed by atoms with Crippen LogP contribution in [-0.2, 0) is 10.8 Å².